The number of rotatable bonds is 7. The largest absolute Gasteiger partial charge is 0.467 e. The molecule has 0 aliphatic rings. The van der Waals surface area contributed by atoms with Gasteiger partial charge in [-0.25, -0.2) is 4.99 Å². The number of aliphatic imine (C=N–C) groups is 1. The molecule has 1 aromatic heterocycles. The average molecular weight is 492 g/mol. The van der Waals surface area contributed by atoms with E-state index >= 15 is 0 Å². The van der Waals surface area contributed by atoms with E-state index < -0.39 is 4.92 Å². The molecule has 2 aromatic carbocycles. The molecule has 0 unspecified atom stereocenters. The van der Waals surface area contributed by atoms with Crippen molar-refractivity contribution in [2.24, 2.45) is 4.99 Å². The van der Waals surface area contributed by atoms with Gasteiger partial charge in [0, 0.05) is 18.7 Å². The Morgan fingerprint density at radius 3 is 2.29 bits per heavy atom. The Labute approximate surface area is 180 Å². The van der Waals surface area contributed by atoms with Crippen LogP contribution in [0.25, 0.3) is 0 Å². The summed E-state index contributed by atoms with van der Waals surface area (Å²) >= 11 is 0. The Bertz CT molecular complexity index is 882. The van der Waals surface area contributed by atoms with Gasteiger partial charge >= 0.3 is 0 Å². The highest BCUT2D eigenvalue weighted by Gasteiger charge is 2.05. The van der Waals surface area contributed by atoms with Crippen LogP contribution in [0.1, 0.15) is 16.9 Å². The number of nitrogens with one attached hydrogen (secondary N) is 2. The van der Waals surface area contributed by atoms with Crippen LogP contribution in [0.15, 0.2) is 82.4 Å². The van der Waals surface area contributed by atoms with Gasteiger partial charge in [-0.2, -0.15) is 0 Å². The Hall–Kier alpha value is -2.88. The lowest BCUT2D eigenvalue weighted by molar-refractivity contribution is -0.384. The zero-order valence-corrected chi connectivity index (χ0v) is 17.4. The fourth-order valence-electron chi connectivity index (χ4n) is 2.43. The van der Waals surface area contributed by atoms with E-state index in [1.165, 1.54) is 12.1 Å². The predicted octanol–water partition coefficient (Wildman–Crippen LogP) is 4.24. The topological polar surface area (TPSA) is 92.7 Å². The van der Waals surface area contributed by atoms with E-state index in [1.807, 2.05) is 42.5 Å². The van der Waals surface area contributed by atoms with E-state index in [0.717, 1.165) is 16.9 Å². The standard InChI is InChI=1S/C20H20N4O3.HI/c25-24(26)18-10-8-17(9-11-18)14-22-20(23-15-19-7-4-12-27-19)21-13-16-5-2-1-3-6-16;/h1-12H,13-15H2,(H2,21,22,23);1H. The first-order valence-corrected chi connectivity index (χ1v) is 8.52. The second kappa shape index (κ2) is 11.1. The van der Waals surface area contributed by atoms with Gasteiger partial charge in [-0.05, 0) is 23.3 Å². The molecule has 7 nitrogen and oxygen atoms in total. The van der Waals surface area contributed by atoms with Crippen molar-refractivity contribution in [3.05, 3.63) is 100.0 Å². The number of hydrogen-bond acceptors (Lipinski definition) is 4. The van der Waals surface area contributed by atoms with E-state index in [9.17, 15) is 10.1 Å². The first-order chi connectivity index (χ1) is 13.2. The molecule has 0 amide bonds. The fourth-order valence-corrected chi connectivity index (χ4v) is 2.43. The molecule has 0 atom stereocenters. The van der Waals surface area contributed by atoms with Crippen LogP contribution in [0, 0.1) is 10.1 Å². The van der Waals surface area contributed by atoms with E-state index in [-0.39, 0.29) is 29.7 Å². The zero-order chi connectivity index (χ0) is 18.9. The average Bonchev–Trinajstić information content (AvgIpc) is 3.22. The minimum atomic E-state index is -0.408. The van der Waals surface area contributed by atoms with Crippen molar-refractivity contribution in [1.29, 1.82) is 0 Å². The molecule has 28 heavy (non-hydrogen) atoms. The molecular formula is C20H21IN4O3. The van der Waals surface area contributed by atoms with Gasteiger partial charge in [-0.3, -0.25) is 10.1 Å². The second-order valence-corrected chi connectivity index (χ2v) is 5.86. The molecule has 0 spiro atoms. The zero-order valence-electron chi connectivity index (χ0n) is 15.1. The van der Waals surface area contributed by atoms with E-state index in [0.29, 0.717) is 25.6 Å². The van der Waals surface area contributed by atoms with Crippen molar-refractivity contribution in [2.45, 2.75) is 19.6 Å². The van der Waals surface area contributed by atoms with Crippen LogP contribution in [-0.4, -0.2) is 10.9 Å². The van der Waals surface area contributed by atoms with Crippen molar-refractivity contribution in [3.63, 3.8) is 0 Å². The molecular weight excluding hydrogens is 471 g/mol. The van der Waals surface area contributed by atoms with Gasteiger partial charge in [0.05, 0.1) is 24.3 Å². The molecule has 0 aliphatic heterocycles. The van der Waals surface area contributed by atoms with Crippen molar-refractivity contribution < 1.29 is 9.34 Å². The lowest BCUT2D eigenvalue weighted by Crippen LogP contribution is -2.36. The van der Waals surface area contributed by atoms with Crippen LogP contribution < -0.4 is 10.6 Å². The number of halogens is 1. The van der Waals surface area contributed by atoms with Gasteiger partial charge in [0.25, 0.3) is 5.69 Å². The highest BCUT2D eigenvalue weighted by atomic mass is 127. The summed E-state index contributed by atoms with van der Waals surface area (Å²) in [6.45, 7) is 1.54. The summed E-state index contributed by atoms with van der Waals surface area (Å²) in [5.74, 6) is 1.44. The lowest BCUT2D eigenvalue weighted by Gasteiger charge is -2.12. The molecule has 0 radical (unpaired) electrons. The van der Waals surface area contributed by atoms with E-state index in [4.69, 9.17) is 4.42 Å². The van der Waals surface area contributed by atoms with Gasteiger partial charge in [-0.15, -0.1) is 24.0 Å². The van der Waals surface area contributed by atoms with Crippen LogP contribution in [0.4, 0.5) is 5.69 Å². The highest BCUT2D eigenvalue weighted by molar-refractivity contribution is 14.0. The van der Waals surface area contributed by atoms with Crippen LogP contribution >= 0.6 is 24.0 Å². The van der Waals surface area contributed by atoms with Crippen LogP contribution in [0.3, 0.4) is 0 Å². The predicted molar refractivity (Wildman–Crippen MR) is 118 cm³/mol. The summed E-state index contributed by atoms with van der Waals surface area (Å²) in [4.78, 5) is 14.9. The minimum absolute atomic E-state index is 0. The summed E-state index contributed by atoms with van der Waals surface area (Å²) in [5, 5.41) is 17.2. The Kier molecular flexibility index (Phi) is 8.47. The number of furan rings is 1. The molecule has 146 valence electrons. The first-order valence-electron chi connectivity index (χ1n) is 8.52. The maximum atomic E-state index is 10.7. The molecule has 0 bridgehead atoms. The first kappa shape index (κ1) is 21.4. The number of guanidine groups is 1. The van der Waals surface area contributed by atoms with Gasteiger partial charge in [0.15, 0.2) is 5.96 Å². The Morgan fingerprint density at radius 2 is 1.64 bits per heavy atom. The Morgan fingerprint density at radius 1 is 0.929 bits per heavy atom. The molecule has 0 saturated heterocycles. The molecule has 0 fully saturated rings. The monoisotopic (exact) mass is 492 g/mol. The number of hydrogen-bond donors (Lipinski definition) is 2. The third-order valence-electron chi connectivity index (χ3n) is 3.88. The molecule has 2 N–H and O–H groups in total. The number of benzene rings is 2. The van der Waals surface area contributed by atoms with Crippen LogP contribution in [0.5, 0.6) is 0 Å². The van der Waals surface area contributed by atoms with Gasteiger partial charge in [0.2, 0.25) is 0 Å². The third-order valence-corrected chi connectivity index (χ3v) is 3.88. The summed E-state index contributed by atoms with van der Waals surface area (Å²) < 4.78 is 5.34. The van der Waals surface area contributed by atoms with Crippen molar-refractivity contribution in [2.75, 3.05) is 0 Å². The van der Waals surface area contributed by atoms with Crippen LogP contribution in [-0.2, 0) is 19.6 Å². The molecule has 1 heterocycles. The molecule has 3 aromatic rings. The minimum Gasteiger partial charge on any atom is -0.467 e. The van der Waals surface area contributed by atoms with Gasteiger partial charge in [-0.1, -0.05) is 42.5 Å². The van der Waals surface area contributed by atoms with Crippen molar-refractivity contribution >= 4 is 35.6 Å². The van der Waals surface area contributed by atoms with Crippen molar-refractivity contribution in [1.82, 2.24) is 10.6 Å². The number of nitro benzene ring substituents is 1. The van der Waals surface area contributed by atoms with Gasteiger partial charge < -0.3 is 15.1 Å². The van der Waals surface area contributed by atoms with Crippen molar-refractivity contribution in [3.8, 4) is 0 Å². The summed E-state index contributed by atoms with van der Waals surface area (Å²) in [7, 11) is 0. The smallest absolute Gasteiger partial charge is 0.269 e. The van der Waals surface area contributed by atoms with E-state index in [1.54, 1.807) is 18.4 Å². The molecule has 0 saturated carbocycles. The van der Waals surface area contributed by atoms with Crippen LogP contribution in [0.2, 0.25) is 0 Å². The molecule has 0 aliphatic carbocycles. The highest BCUT2D eigenvalue weighted by Crippen LogP contribution is 2.11. The maximum Gasteiger partial charge on any atom is 0.269 e. The Balaban J connectivity index is 0.00000280. The number of non-ortho nitro benzene ring substituents is 1. The van der Waals surface area contributed by atoms with Gasteiger partial charge in [0.1, 0.15) is 5.76 Å². The fraction of sp³-hybridized carbons (Fsp3) is 0.150. The molecule has 8 heteroatoms. The molecule has 3 rings (SSSR count). The summed E-state index contributed by atoms with van der Waals surface area (Å²) in [6.07, 6.45) is 1.63. The second-order valence-electron chi connectivity index (χ2n) is 5.86. The summed E-state index contributed by atoms with van der Waals surface area (Å²) in [5.41, 5.74) is 2.10. The third kappa shape index (κ3) is 6.69. The lowest BCUT2D eigenvalue weighted by atomic mass is 10.2. The normalized spacial score (nSPS) is 10.8. The van der Waals surface area contributed by atoms with E-state index in [2.05, 4.69) is 15.6 Å². The SMILES string of the molecule is I.O=[N+]([O-])c1ccc(CNC(=NCc2ccccc2)NCc2ccco2)cc1. The summed E-state index contributed by atoms with van der Waals surface area (Å²) in [6, 6.07) is 20.1. The maximum absolute atomic E-state index is 10.7. The number of nitrogens with zero attached hydrogens (tertiary/aromatic N) is 2. The number of nitro groups is 1. The quantitative estimate of drug-likeness (QED) is 0.169.